The third kappa shape index (κ3) is 1.39. The van der Waals surface area contributed by atoms with E-state index in [0.29, 0.717) is 5.82 Å². The second kappa shape index (κ2) is 3.66. The number of thiophene rings is 1. The van der Waals surface area contributed by atoms with Gasteiger partial charge < -0.3 is 5.73 Å². The quantitative estimate of drug-likeness (QED) is 0.699. The lowest BCUT2D eigenvalue weighted by Crippen LogP contribution is -2.13. The highest BCUT2D eigenvalue weighted by Gasteiger charge is 2.17. The van der Waals surface area contributed by atoms with Crippen molar-refractivity contribution in [2.75, 3.05) is 0 Å². The third-order valence-electron chi connectivity index (χ3n) is 2.49. The molecule has 3 N–H and O–H groups in total. The van der Waals surface area contributed by atoms with Gasteiger partial charge in [0, 0.05) is 4.70 Å². The molecule has 1 atom stereocenters. The summed E-state index contributed by atoms with van der Waals surface area (Å²) >= 11 is 1.67. The van der Waals surface area contributed by atoms with Gasteiger partial charge >= 0.3 is 0 Å². The Morgan fingerprint density at radius 1 is 1.31 bits per heavy atom. The number of nitrogens with one attached hydrogen (secondary N) is 1. The molecule has 2 aromatic heterocycles. The number of hydrogen-bond donors (Lipinski definition) is 2. The zero-order chi connectivity index (χ0) is 11.0. The summed E-state index contributed by atoms with van der Waals surface area (Å²) in [5.41, 5.74) is 7.14. The molecule has 0 fully saturated rings. The van der Waals surface area contributed by atoms with Gasteiger partial charge in [-0.3, -0.25) is 0 Å². The lowest BCUT2D eigenvalue weighted by molar-refractivity contribution is 0.794. The predicted molar refractivity (Wildman–Crippen MR) is 62.0 cm³/mol. The van der Waals surface area contributed by atoms with E-state index in [1.54, 1.807) is 11.3 Å². The Morgan fingerprint density at radius 3 is 3.00 bits per heavy atom. The van der Waals surface area contributed by atoms with Crippen molar-refractivity contribution in [1.29, 1.82) is 0 Å². The molecule has 0 saturated heterocycles. The number of fused-ring (bicyclic) bond motifs is 1. The number of aromatic nitrogens is 4. The minimum absolute atomic E-state index is 0.324. The van der Waals surface area contributed by atoms with Gasteiger partial charge in [0.15, 0.2) is 5.82 Å². The summed E-state index contributed by atoms with van der Waals surface area (Å²) in [4.78, 5) is 0. The van der Waals surface area contributed by atoms with Crippen molar-refractivity contribution in [2.45, 2.75) is 6.04 Å². The van der Waals surface area contributed by atoms with Gasteiger partial charge in [0.2, 0.25) is 0 Å². The van der Waals surface area contributed by atoms with Crippen LogP contribution in [0.2, 0.25) is 0 Å². The fourth-order valence-electron chi connectivity index (χ4n) is 1.68. The summed E-state index contributed by atoms with van der Waals surface area (Å²) in [6, 6.07) is 7.83. The number of benzene rings is 1. The van der Waals surface area contributed by atoms with Crippen LogP contribution in [0.15, 0.2) is 29.6 Å². The fraction of sp³-hybridized carbons (Fsp3) is 0.100. The number of hydrogen-bond acceptors (Lipinski definition) is 5. The van der Waals surface area contributed by atoms with Crippen LogP contribution in [0.4, 0.5) is 0 Å². The van der Waals surface area contributed by atoms with E-state index in [2.05, 4.69) is 32.8 Å². The molecule has 80 valence electrons. The van der Waals surface area contributed by atoms with Crippen LogP contribution in [0.3, 0.4) is 0 Å². The first-order valence-corrected chi connectivity index (χ1v) is 5.69. The van der Waals surface area contributed by atoms with Crippen LogP contribution >= 0.6 is 11.3 Å². The van der Waals surface area contributed by atoms with E-state index in [4.69, 9.17) is 5.73 Å². The van der Waals surface area contributed by atoms with E-state index in [9.17, 15) is 0 Å². The molecule has 3 aromatic rings. The highest BCUT2D eigenvalue weighted by molar-refractivity contribution is 7.17. The van der Waals surface area contributed by atoms with Gasteiger partial charge in [-0.25, -0.2) is 0 Å². The number of tetrazole rings is 1. The molecule has 0 aliphatic rings. The first kappa shape index (κ1) is 9.44. The maximum atomic E-state index is 6.09. The summed E-state index contributed by atoms with van der Waals surface area (Å²) in [6.45, 7) is 0. The second-order valence-electron chi connectivity index (χ2n) is 3.43. The Bertz CT molecular complexity index is 600. The molecule has 2 heterocycles. The number of H-pyrrole nitrogens is 1. The monoisotopic (exact) mass is 231 g/mol. The average Bonchev–Trinajstić information content (AvgIpc) is 2.98. The van der Waals surface area contributed by atoms with Crippen LogP contribution in [0.1, 0.15) is 17.4 Å². The van der Waals surface area contributed by atoms with Crippen LogP contribution in [-0.2, 0) is 0 Å². The van der Waals surface area contributed by atoms with Crippen molar-refractivity contribution < 1.29 is 0 Å². The summed E-state index contributed by atoms with van der Waals surface area (Å²) in [5.74, 6) is 0.517. The summed E-state index contributed by atoms with van der Waals surface area (Å²) in [7, 11) is 0. The molecule has 0 bridgehead atoms. The zero-order valence-corrected chi connectivity index (χ0v) is 9.11. The van der Waals surface area contributed by atoms with E-state index in [0.717, 1.165) is 10.9 Å². The Morgan fingerprint density at radius 2 is 2.19 bits per heavy atom. The molecule has 0 radical (unpaired) electrons. The first-order valence-electron chi connectivity index (χ1n) is 4.81. The molecule has 0 aliphatic heterocycles. The normalized spacial score (nSPS) is 13.1. The van der Waals surface area contributed by atoms with Crippen molar-refractivity contribution in [3.63, 3.8) is 0 Å². The van der Waals surface area contributed by atoms with Gasteiger partial charge in [0.25, 0.3) is 0 Å². The lowest BCUT2D eigenvalue weighted by Gasteiger charge is -2.04. The predicted octanol–water partition coefficient (Wildman–Crippen LogP) is 1.46. The van der Waals surface area contributed by atoms with Gasteiger partial charge in [0.1, 0.15) is 0 Å². The molecule has 0 aliphatic carbocycles. The van der Waals surface area contributed by atoms with E-state index < -0.39 is 0 Å². The Balaban J connectivity index is 2.12. The van der Waals surface area contributed by atoms with Crippen LogP contribution < -0.4 is 5.73 Å². The van der Waals surface area contributed by atoms with Crippen molar-refractivity contribution in [2.24, 2.45) is 5.73 Å². The van der Waals surface area contributed by atoms with Crippen molar-refractivity contribution in [3.05, 3.63) is 41.0 Å². The molecule has 1 unspecified atom stereocenters. The molecule has 6 heteroatoms. The standard InChI is InChI=1S/C10H9N5S/c11-9(10-12-14-15-13-10)7-5-16-8-4-2-1-3-6(7)8/h1-5,9H,11H2,(H,12,13,14,15). The smallest absolute Gasteiger partial charge is 0.195 e. The van der Waals surface area contributed by atoms with Crippen LogP contribution in [0.25, 0.3) is 10.1 Å². The summed E-state index contributed by atoms with van der Waals surface area (Å²) < 4.78 is 1.22. The highest BCUT2D eigenvalue weighted by Crippen LogP contribution is 2.30. The van der Waals surface area contributed by atoms with E-state index in [1.165, 1.54) is 4.70 Å². The van der Waals surface area contributed by atoms with Crippen molar-refractivity contribution in [1.82, 2.24) is 20.6 Å². The maximum Gasteiger partial charge on any atom is 0.195 e. The summed E-state index contributed by atoms with van der Waals surface area (Å²) in [6.07, 6.45) is 0. The van der Waals surface area contributed by atoms with E-state index in [1.807, 2.05) is 17.5 Å². The Kier molecular flexibility index (Phi) is 2.16. The molecule has 0 spiro atoms. The van der Waals surface area contributed by atoms with Gasteiger partial charge in [-0.05, 0) is 22.4 Å². The molecule has 3 rings (SSSR count). The Hall–Kier alpha value is -1.79. The molecular weight excluding hydrogens is 222 g/mol. The Labute approximate surface area is 95.3 Å². The molecule has 5 nitrogen and oxygen atoms in total. The third-order valence-corrected chi connectivity index (χ3v) is 3.47. The molecule has 0 amide bonds. The number of nitrogens with zero attached hydrogens (tertiary/aromatic N) is 3. The molecular formula is C10H9N5S. The van der Waals surface area contributed by atoms with Crippen LogP contribution in [0, 0.1) is 0 Å². The van der Waals surface area contributed by atoms with E-state index >= 15 is 0 Å². The maximum absolute atomic E-state index is 6.09. The lowest BCUT2D eigenvalue weighted by atomic mass is 10.1. The van der Waals surface area contributed by atoms with Gasteiger partial charge in [-0.1, -0.05) is 23.4 Å². The summed E-state index contributed by atoms with van der Waals surface area (Å²) in [5, 5.41) is 17.0. The second-order valence-corrected chi connectivity index (χ2v) is 4.35. The van der Waals surface area contributed by atoms with Crippen LogP contribution in [0.5, 0.6) is 0 Å². The molecule has 16 heavy (non-hydrogen) atoms. The largest absolute Gasteiger partial charge is 0.317 e. The fourth-order valence-corrected chi connectivity index (χ4v) is 2.68. The van der Waals surface area contributed by atoms with Gasteiger partial charge in [-0.2, -0.15) is 5.21 Å². The SMILES string of the molecule is NC(c1nn[nH]n1)c1csc2ccccc12. The number of nitrogens with two attached hydrogens (primary N) is 1. The first-order chi connectivity index (χ1) is 7.86. The number of aromatic amines is 1. The average molecular weight is 231 g/mol. The topological polar surface area (TPSA) is 80.5 Å². The highest BCUT2D eigenvalue weighted by atomic mass is 32.1. The van der Waals surface area contributed by atoms with Crippen molar-refractivity contribution in [3.8, 4) is 0 Å². The molecule has 1 aromatic carbocycles. The van der Waals surface area contributed by atoms with Gasteiger partial charge in [-0.15, -0.1) is 21.5 Å². The zero-order valence-electron chi connectivity index (χ0n) is 8.29. The van der Waals surface area contributed by atoms with Crippen molar-refractivity contribution >= 4 is 21.4 Å². The minimum Gasteiger partial charge on any atom is -0.317 e. The minimum atomic E-state index is -0.324. The number of rotatable bonds is 2. The van der Waals surface area contributed by atoms with E-state index in [-0.39, 0.29) is 6.04 Å². The van der Waals surface area contributed by atoms with Gasteiger partial charge in [0.05, 0.1) is 6.04 Å². The molecule has 0 saturated carbocycles. The van der Waals surface area contributed by atoms with Crippen LogP contribution in [-0.4, -0.2) is 20.6 Å².